The standard InChI is InChI=1S/C13H8ClIO4/c1-18-13(17)9-4-7(14)5-10(15)12(9)11-3-2-8(6-16)19-11/h2-6H,1H3. The van der Waals surface area contributed by atoms with Crippen LogP contribution in [0.4, 0.5) is 0 Å². The van der Waals surface area contributed by atoms with Crippen molar-refractivity contribution in [2.24, 2.45) is 0 Å². The van der Waals surface area contributed by atoms with Crippen LogP contribution in [0.1, 0.15) is 20.9 Å². The Morgan fingerprint density at radius 1 is 1.42 bits per heavy atom. The topological polar surface area (TPSA) is 56.5 Å². The van der Waals surface area contributed by atoms with Gasteiger partial charge < -0.3 is 9.15 Å². The van der Waals surface area contributed by atoms with Crippen molar-refractivity contribution in [3.8, 4) is 11.3 Å². The summed E-state index contributed by atoms with van der Waals surface area (Å²) >= 11 is 7.99. The monoisotopic (exact) mass is 390 g/mol. The van der Waals surface area contributed by atoms with Crippen molar-refractivity contribution >= 4 is 46.4 Å². The molecule has 1 heterocycles. The highest BCUT2D eigenvalue weighted by Crippen LogP contribution is 2.33. The molecule has 1 aromatic carbocycles. The number of hydrogen-bond acceptors (Lipinski definition) is 4. The van der Waals surface area contributed by atoms with Crippen molar-refractivity contribution in [1.29, 1.82) is 0 Å². The molecule has 6 heteroatoms. The lowest BCUT2D eigenvalue weighted by molar-refractivity contribution is 0.0601. The lowest BCUT2D eigenvalue weighted by Gasteiger charge is -2.08. The highest BCUT2D eigenvalue weighted by molar-refractivity contribution is 14.1. The molecule has 0 spiro atoms. The number of rotatable bonds is 3. The number of ether oxygens (including phenoxy) is 1. The van der Waals surface area contributed by atoms with Crippen molar-refractivity contribution < 1.29 is 18.7 Å². The smallest absolute Gasteiger partial charge is 0.338 e. The minimum absolute atomic E-state index is 0.191. The van der Waals surface area contributed by atoms with Crippen molar-refractivity contribution in [1.82, 2.24) is 0 Å². The molecule has 0 saturated heterocycles. The molecule has 0 N–H and O–H groups in total. The van der Waals surface area contributed by atoms with Gasteiger partial charge in [-0.3, -0.25) is 4.79 Å². The minimum Gasteiger partial charge on any atom is -0.465 e. The van der Waals surface area contributed by atoms with Crippen LogP contribution < -0.4 is 0 Å². The van der Waals surface area contributed by atoms with Gasteiger partial charge in [-0.2, -0.15) is 0 Å². The van der Waals surface area contributed by atoms with Crippen LogP contribution in [0.5, 0.6) is 0 Å². The lowest BCUT2D eigenvalue weighted by atomic mass is 10.1. The molecule has 1 aromatic heterocycles. The number of halogens is 2. The molecule has 0 aliphatic heterocycles. The molecule has 2 rings (SSSR count). The highest BCUT2D eigenvalue weighted by Gasteiger charge is 2.20. The summed E-state index contributed by atoms with van der Waals surface area (Å²) in [4.78, 5) is 22.4. The molecule has 0 saturated carbocycles. The lowest BCUT2D eigenvalue weighted by Crippen LogP contribution is -2.04. The first kappa shape index (κ1) is 14.1. The molecule has 0 fully saturated rings. The summed E-state index contributed by atoms with van der Waals surface area (Å²) in [5, 5.41) is 0.427. The van der Waals surface area contributed by atoms with Gasteiger partial charge in [0.15, 0.2) is 12.0 Å². The van der Waals surface area contributed by atoms with Gasteiger partial charge in [0, 0.05) is 14.2 Å². The van der Waals surface area contributed by atoms with Crippen LogP contribution >= 0.6 is 34.2 Å². The van der Waals surface area contributed by atoms with Gasteiger partial charge in [-0.1, -0.05) is 11.6 Å². The molecule has 0 bridgehead atoms. The summed E-state index contributed by atoms with van der Waals surface area (Å²) in [7, 11) is 1.29. The number of benzene rings is 1. The zero-order chi connectivity index (χ0) is 14.0. The Morgan fingerprint density at radius 3 is 2.74 bits per heavy atom. The molecular formula is C13H8ClIO4. The second-order valence-corrected chi connectivity index (χ2v) is 5.22. The molecular weight excluding hydrogens is 382 g/mol. The van der Waals surface area contributed by atoms with Crippen LogP contribution in [-0.2, 0) is 4.74 Å². The van der Waals surface area contributed by atoms with E-state index < -0.39 is 5.97 Å². The van der Waals surface area contributed by atoms with Crippen LogP contribution in [0.2, 0.25) is 5.02 Å². The molecule has 4 nitrogen and oxygen atoms in total. The van der Waals surface area contributed by atoms with Crippen LogP contribution in [0.25, 0.3) is 11.3 Å². The summed E-state index contributed by atoms with van der Waals surface area (Å²) in [6.45, 7) is 0. The predicted octanol–water partition coefficient (Wildman–Crippen LogP) is 3.80. The van der Waals surface area contributed by atoms with Gasteiger partial charge >= 0.3 is 5.97 Å². The Morgan fingerprint density at radius 2 is 2.16 bits per heavy atom. The van der Waals surface area contributed by atoms with E-state index >= 15 is 0 Å². The molecule has 0 unspecified atom stereocenters. The van der Waals surface area contributed by atoms with Gasteiger partial charge in [0.1, 0.15) is 5.76 Å². The first-order chi connectivity index (χ1) is 9.06. The maximum Gasteiger partial charge on any atom is 0.338 e. The van der Waals surface area contributed by atoms with E-state index in [1.807, 2.05) is 22.6 Å². The predicted molar refractivity (Wildman–Crippen MR) is 78.6 cm³/mol. The van der Waals surface area contributed by atoms with E-state index in [4.69, 9.17) is 20.8 Å². The van der Waals surface area contributed by atoms with E-state index in [1.165, 1.54) is 19.2 Å². The number of aldehydes is 1. The molecule has 2 aromatic rings. The Balaban J connectivity index is 2.66. The molecule has 0 aliphatic carbocycles. The summed E-state index contributed by atoms with van der Waals surface area (Å²) in [6.07, 6.45) is 0.601. The maximum absolute atomic E-state index is 11.8. The summed E-state index contributed by atoms with van der Waals surface area (Å²) in [5.41, 5.74) is 0.858. The Hall–Kier alpha value is -1.34. The quantitative estimate of drug-likeness (QED) is 0.454. The highest BCUT2D eigenvalue weighted by atomic mass is 127. The first-order valence-electron chi connectivity index (χ1n) is 5.19. The molecule has 0 aliphatic rings. The van der Waals surface area contributed by atoms with Crippen molar-refractivity contribution in [3.05, 3.63) is 44.2 Å². The molecule has 0 amide bonds. The summed E-state index contributed by atoms with van der Waals surface area (Å²) in [5.74, 6) is 0.0969. The third kappa shape index (κ3) is 2.82. The number of hydrogen-bond donors (Lipinski definition) is 0. The number of methoxy groups -OCH3 is 1. The second kappa shape index (κ2) is 5.75. The number of esters is 1. The fraction of sp³-hybridized carbons (Fsp3) is 0.0769. The van der Waals surface area contributed by atoms with Gasteiger partial charge in [-0.05, 0) is 46.9 Å². The fourth-order valence-corrected chi connectivity index (χ4v) is 2.94. The summed E-state index contributed by atoms with van der Waals surface area (Å²) < 4.78 is 10.8. The summed E-state index contributed by atoms with van der Waals surface area (Å²) in [6, 6.07) is 6.37. The Bertz CT molecular complexity index is 648. The van der Waals surface area contributed by atoms with Crippen LogP contribution in [-0.4, -0.2) is 19.4 Å². The second-order valence-electron chi connectivity index (χ2n) is 3.62. The van der Waals surface area contributed by atoms with Crippen LogP contribution in [0, 0.1) is 3.57 Å². The average molecular weight is 391 g/mol. The Labute approximate surface area is 127 Å². The minimum atomic E-state index is -0.514. The van der Waals surface area contributed by atoms with Crippen molar-refractivity contribution in [2.75, 3.05) is 7.11 Å². The fourth-order valence-electron chi connectivity index (χ4n) is 1.65. The van der Waals surface area contributed by atoms with Gasteiger partial charge in [0.05, 0.1) is 12.7 Å². The number of carbonyl (C=O) groups is 2. The van der Waals surface area contributed by atoms with E-state index in [-0.39, 0.29) is 5.76 Å². The zero-order valence-corrected chi connectivity index (χ0v) is 12.7. The third-order valence-electron chi connectivity index (χ3n) is 2.45. The SMILES string of the molecule is COC(=O)c1cc(Cl)cc(I)c1-c1ccc(C=O)o1. The number of carbonyl (C=O) groups excluding carboxylic acids is 2. The van der Waals surface area contributed by atoms with E-state index in [2.05, 4.69) is 0 Å². The van der Waals surface area contributed by atoms with E-state index in [1.54, 1.807) is 12.1 Å². The van der Waals surface area contributed by atoms with E-state index in [9.17, 15) is 9.59 Å². The van der Waals surface area contributed by atoms with Crippen molar-refractivity contribution in [2.45, 2.75) is 0 Å². The first-order valence-corrected chi connectivity index (χ1v) is 6.65. The van der Waals surface area contributed by atoms with Gasteiger partial charge in [-0.15, -0.1) is 0 Å². The zero-order valence-electron chi connectivity index (χ0n) is 9.78. The van der Waals surface area contributed by atoms with Crippen LogP contribution in [0.3, 0.4) is 0 Å². The Kier molecular flexibility index (Phi) is 4.26. The normalized spacial score (nSPS) is 10.3. The average Bonchev–Trinajstić information content (AvgIpc) is 2.85. The largest absolute Gasteiger partial charge is 0.465 e. The van der Waals surface area contributed by atoms with Crippen LogP contribution in [0.15, 0.2) is 28.7 Å². The number of furan rings is 1. The maximum atomic E-state index is 11.8. The molecule has 0 atom stereocenters. The van der Waals surface area contributed by atoms with Crippen molar-refractivity contribution in [3.63, 3.8) is 0 Å². The molecule has 0 radical (unpaired) electrons. The molecule has 19 heavy (non-hydrogen) atoms. The van der Waals surface area contributed by atoms with Gasteiger partial charge in [-0.25, -0.2) is 4.79 Å². The molecule has 98 valence electrons. The van der Waals surface area contributed by atoms with E-state index in [0.29, 0.717) is 28.2 Å². The van der Waals surface area contributed by atoms with E-state index in [0.717, 1.165) is 3.57 Å². The third-order valence-corrected chi connectivity index (χ3v) is 3.52. The van der Waals surface area contributed by atoms with Gasteiger partial charge in [0.25, 0.3) is 0 Å². The van der Waals surface area contributed by atoms with Gasteiger partial charge in [0.2, 0.25) is 0 Å².